The molecule has 0 radical (unpaired) electrons. The molecule has 0 unspecified atom stereocenters. The van der Waals surface area contributed by atoms with E-state index in [9.17, 15) is 0 Å². The first kappa shape index (κ1) is 20.0. The maximum atomic E-state index is 5.05. The lowest BCUT2D eigenvalue weighted by atomic mass is 9.91. The summed E-state index contributed by atoms with van der Waals surface area (Å²) < 4.78 is 5.05. The van der Waals surface area contributed by atoms with Gasteiger partial charge in [-0.05, 0) is 25.7 Å². The summed E-state index contributed by atoms with van der Waals surface area (Å²) >= 11 is 0. The van der Waals surface area contributed by atoms with E-state index in [0.717, 1.165) is 31.5 Å². The lowest BCUT2D eigenvalue weighted by Gasteiger charge is -2.18. The van der Waals surface area contributed by atoms with Gasteiger partial charge < -0.3 is 15.4 Å². The summed E-state index contributed by atoms with van der Waals surface area (Å²) in [4.78, 5) is 4.72. The minimum Gasteiger partial charge on any atom is -0.383 e. The van der Waals surface area contributed by atoms with Gasteiger partial charge in [-0.15, -0.1) is 24.0 Å². The molecule has 1 fully saturated rings. The van der Waals surface area contributed by atoms with Gasteiger partial charge in [0.05, 0.1) is 6.61 Å². The molecule has 1 aliphatic rings. The van der Waals surface area contributed by atoms with Crippen molar-refractivity contribution >= 4 is 29.9 Å². The second-order valence-corrected chi connectivity index (χ2v) is 5.35. The van der Waals surface area contributed by atoms with Crippen LogP contribution in [0, 0.1) is 5.92 Å². The van der Waals surface area contributed by atoms with Gasteiger partial charge >= 0.3 is 0 Å². The normalized spacial score (nSPS) is 17.8. The Bertz CT molecular complexity index is 241. The number of ether oxygens (including phenoxy) is 1. The van der Waals surface area contributed by atoms with E-state index in [1.165, 1.54) is 44.9 Å². The first-order valence-electron chi connectivity index (χ1n) is 7.88. The number of methoxy groups -OCH3 is 1. The van der Waals surface area contributed by atoms with Crippen molar-refractivity contribution in [2.45, 2.75) is 51.9 Å². The van der Waals surface area contributed by atoms with Crippen molar-refractivity contribution in [1.82, 2.24) is 10.6 Å². The van der Waals surface area contributed by atoms with Gasteiger partial charge in [-0.1, -0.05) is 32.1 Å². The van der Waals surface area contributed by atoms with E-state index in [-0.39, 0.29) is 24.0 Å². The largest absolute Gasteiger partial charge is 0.383 e. The molecule has 0 amide bonds. The highest BCUT2D eigenvalue weighted by Gasteiger charge is 2.11. The van der Waals surface area contributed by atoms with Gasteiger partial charge in [0.25, 0.3) is 0 Å². The Morgan fingerprint density at radius 2 is 1.75 bits per heavy atom. The van der Waals surface area contributed by atoms with E-state index in [2.05, 4.69) is 17.6 Å². The lowest BCUT2D eigenvalue weighted by Crippen LogP contribution is -2.39. The quantitative estimate of drug-likeness (QED) is 0.313. The highest BCUT2D eigenvalue weighted by Crippen LogP contribution is 2.22. The van der Waals surface area contributed by atoms with Gasteiger partial charge in [-0.3, -0.25) is 4.99 Å². The fraction of sp³-hybridized carbons (Fsp3) is 0.933. The fourth-order valence-electron chi connectivity index (χ4n) is 2.56. The third kappa shape index (κ3) is 9.80. The summed E-state index contributed by atoms with van der Waals surface area (Å²) in [7, 11) is 1.72. The molecular weight excluding hydrogens is 365 g/mol. The topological polar surface area (TPSA) is 45.7 Å². The molecule has 1 saturated carbocycles. The average Bonchev–Trinajstić information content (AvgIpc) is 2.37. The Hall–Kier alpha value is -0.0400. The van der Waals surface area contributed by atoms with E-state index in [1.807, 2.05) is 0 Å². The molecule has 0 spiro atoms. The molecule has 0 heterocycles. The molecule has 1 aliphatic carbocycles. The Labute approximate surface area is 141 Å². The molecule has 0 bridgehead atoms. The molecule has 1 rings (SSSR count). The highest BCUT2D eigenvalue weighted by molar-refractivity contribution is 14.0. The summed E-state index contributed by atoms with van der Waals surface area (Å²) in [6.07, 6.45) is 9.71. The van der Waals surface area contributed by atoms with E-state index < -0.39 is 0 Å². The summed E-state index contributed by atoms with van der Waals surface area (Å²) in [6, 6.07) is 0. The number of halogens is 1. The van der Waals surface area contributed by atoms with Gasteiger partial charge in [-0.25, -0.2) is 0 Å². The second kappa shape index (κ2) is 13.9. The van der Waals surface area contributed by atoms with E-state index in [0.29, 0.717) is 6.61 Å². The third-order valence-corrected chi connectivity index (χ3v) is 3.68. The average molecular weight is 397 g/mol. The molecule has 2 N–H and O–H groups in total. The van der Waals surface area contributed by atoms with Crippen LogP contribution in [0.3, 0.4) is 0 Å². The predicted octanol–water partition coefficient (Wildman–Crippen LogP) is 3.17. The molecular formula is C15H32IN3O. The number of guanidine groups is 1. The van der Waals surface area contributed by atoms with Crippen LogP contribution in [0.4, 0.5) is 0 Å². The summed E-state index contributed by atoms with van der Waals surface area (Å²) in [5.41, 5.74) is 0. The van der Waals surface area contributed by atoms with Gasteiger partial charge in [0.2, 0.25) is 0 Å². The van der Waals surface area contributed by atoms with Gasteiger partial charge in [0.15, 0.2) is 5.96 Å². The minimum atomic E-state index is 0. The van der Waals surface area contributed by atoms with Crippen LogP contribution in [0.1, 0.15) is 51.9 Å². The fourth-order valence-corrected chi connectivity index (χ4v) is 2.56. The number of rotatable bonds is 6. The van der Waals surface area contributed by atoms with Crippen LogP contribution in [0.25, 0.3) is 0 Å². The van der Waals surface area contributed by atoms with Gasteiger partial charge in [-0.2, -0.15) is 0 Å². The Balaban J connectivity index is 0.00000361. The molecule has 20 heavy (non-hydrogen) atoms. The van der Waals surface area contributed by atoms with Crippen molar-refractivity contribution in [2.75, 3.05) is 33.4 Å². The number of nitrogens with one attached hydrogen (secondary N) is 2. The highest BCUT2D eigenvalue weighted by atomic mass is 127. The predicted molar refractivity (Wildman–Crippen MR) is 97.1 cm³/mol. The molecule has 120 valence electrons. The molecule has 0 aromatic carbocycles. The standard InChI is InChI=1S/C15H31N3O.HI/c1-3-16-15(17-11-12-19-2)18-13-14-9-7-5-4-6-8-10-14;/h14H,3-13H2,1-2H3,(H2,16,17,18);1H. The number of hydrogen-bond acceptors (Lipinski definition) is 2. The smallest absolute Gasteiger partial charge is 0.191 e. The van der Waals surface area contributed by atoms with Crippen LogP contribution >= 0.6 is 24.0 Å². The van der Waals surface area contributed by atoms with Crippen molar-refractivity contribution in [2.24, 2.45) is 10.9 Å². The maximum absolute atomic E-state index is 5.05. The molecule has 4 nitrogen and oxygen atoms in total. The molecule has 5 heteroatoms. The molecule has 0 aromatic heterocycles. The van der Waals surface area contributed by atoms with E-state index >= 15 is 0 Å². The third-order valence-electron chi connectivity index (χ3n) is 3.68. The zero-order chi connectivity index (χ0) is 13.8. The second-order valence-electron chi connectivity index (χ2n) is 5.35. The Morgan fingerprint density at radius 3 is 2.35 bits per heavy atom. The van der Waals surface area contributed by atoms with Crippen molar-refractivity contribution in [3.8, 4) is 0 Å². The zero-order valence-corrected chi connectivity index (χ0v) is 15.4. The van der Waals surface area contributed by atoms with Crippen LogP contribution in [-0.4, -0.2) is 39.3 Å². The van der Waals surface area contributed by atoms with E-state index in [4.69, 9.17) is 9.73 Å². The maximum Gasteiger partial charge on any atom is 0.191 e. The SMILES string of the molecule is CCNC(=NCC1CCCCCCC1)NCCOC.I. The van der Waals surface area contributed by atoms with Crippen molar-refractivity contribution in [3.05, 3.63) is 0 Å². The monoisotopic (exact) mass is 397 g/mol. The first-order valence-corrected chi connectivity index (χ1v) is 7.88. The molecule has 0 atom stereocenters. The molecule has 0 aromatic rings. The van der Waals surface area contributed by atoms with Gasteiger partial charge in [0.1, 0.15) is 0 Å². The van der Waals surface area contributed by atoms with Crippen molar-refractivity contribution in [3.63, 3.8) is 0 Å². The van der Waals surface area contributed by atoms with Gasteiger partial charge in [0, 0.05) is 26.7 Å². The molecule has 0 aliphatic heterocycles. The Kier molecular flexibility index (Phi) is 13.9. The number of nitrogens with zero attached hydrogens (tertiary/aromatic N) is 1. The van der Waals surface area contributed by atoms with Crippen molar-refractivity contribution < 1.29 is 4.74 Å². The lowest BCUT2D eigenvalue weighted by molar-refractivity contribution is 0.203. The van der Waals surface area contributed by atoms with Crippen LogP contribution in [0.2, 0.25) is 0 Å². The van der Waals surface area contributed by atoms with Crippen LogP contribution in [-0.2, 0) is 4.74 Å². The zero-order valence-electron chi connectivity index (χ0n) is 13.1. The first-order chi connectivity index (χ1) is 9.36. The Morgan fingerprint density at radius 1 is 1.10 bits per heavy atom. The van der Waals surface area contributed by atoms with Crippen LogP contribution < -0.4 is 10.6 Å². The minimum absolute atomic E-state index is 0. The molecule has 0 saturated heterocycles. The van der Waals surface area contributed by atoms with E-state index in [1.54, 1.807) is 7.11 Å². The summed E-state index contributed by atoms with van der Waals surface area (Å²) in [5.74, 6) is 1.71. The van der Waals surface area contributed by atoms with Crippen molar-refractivity contribution in [1.29, 1.82) is 0 Å². The summed E-state index contributed by atoms with van der Waals surface area (Å²) in [6.45, 7) is 5.50. The van der Waals surface area contributed by atoms with Crippen LogP contribution in [0.15, 0.2) is 4.99 Å². The number of aliphatic imine (C=N–C) groups is 1. The summed E-state index contributed by atoms with van der Waals surface area (Å²) in [5, 5.41) is 6.60. The van der Waals surface area contributed by atoms with Crippen LogP contribution in [0.5, 0.6) is 0 Å². The number of hydrogen-bond donors (Lipinski definition) is 2.